The Labute approximate surface area is 295 Å². The van der Waals surface area contributed by atoms with Gasteiger partial charge in [-0.15, -0.1) is 0 Å². The molecule has 10 rings (SSSR count). The molecular formula is C47H29N3O. The third-order valence-corrected chi connectivity index (χ3v) is 9.71. The van der Waals surface area contributed by atoms with Crippen LogP contribution in [0.1, 0.15) is 0 Å². The van der Waals surface area contributed by atoms with Crippen molar-refractivity contribution in [1.82, 2.24) is 15.0 Å². The van der Waals surface area contributed by atoms with Gasteiger partial charge in [-0.2, -0.15) is 0 Å². The Morgan fingerprint density at radius 1 is 0.314 bits per heavy atom. The fraction of sp³-hybridized carbons (Fsp3) is 0. The lowest BCUT2D eigenvalue weighted by molar-refractivity contribution is 0.487. The highest BCUT2D eigenvalue weighted by Crippen LogP contribution is 2.49. The predicted octanol–water partition coefficient (Wildman–Crippen LogP) is 12.3. The first kappa shape index (κ1) is 29.0. The van der Waals surface area contributed by atoms with Gasteiger partial charge in [0, 0.05) is 27.6 Å². The molecule has 9 aromatic rings. The summed E-state index contributed by atoms with van der Waals surface area (Å²) in [5.41, 5.74) is 9.67. The minimum absolute atomic E-state index is 0.597. The van der Waals surface area contributed by atoms with Crippen molar-refractivity contribution in [2.45, 2.75) is 0 Å². The maximum Gasteiger partial charge on any atom is 0.164 e. The van der Waals surface area contributed by atoms with Crippen molar-refractivity contribution in [1.29, 1.82) is 0 Å². The van der Waals surface area contributed by atoms with E-state index in [1.807, 2.05) is 60.7 Å². The first-order chi connectivity index (χ1) is 25.2. The summed E-state index contributed by atoms with van der Waals surface area (Å²) in [6, 6.07) is 61.2. The van der Waals surface area contributed by atoms with Gasteiger partial charge in [-0.25, -0.2) is 15.0 Å². The molecule has 0 spiro atoms. The van der Waals surface area contributed by atoms with E-state index in [9.17, 15) is 0 Å². The summed E-state index contributed by atoms with van der Waals surface area (Å²) >= 11 is 0. The SMILES string of the molecule is c1ccc(-c2nc(-c3ccccc3)nc(-c3ccc4c(c3)Oc3ccc(-c5cccc(-c6ccc7ccccc7c6)c5)c5cccc-4c35)n2)cc1. The molecule has 0 aliphatic carbocycles. The summed E-state index contributed by atoms with van der Waals surface area (Å²) in [6.07, 6.45) is 0. The average Bonchev–Trinajstić information content (AvgIpc) is 3.21. The summed E-state index contributed by atoms with van der Waals surface area (Å²) in [6.45, 7) is 0. The molecule has 0 atom stereocenters. The van der Waals surface area contributed by atoms with Crippen molar-refractivity contribution in [3.63, 3.8) is 0 Å². The fourth-order valence-electron chi connectivity index (χ4n) is 7.20. The van der Waals surface area contributed by atoms with E-state index in [0.29, 0.717) is 17.5 Å². The second kappa shape index (κ2) is 11.9. The molecule has 0 amide bonds. The Morgan fingerprint density at radius 2 is 0.902 bits per heavy atom. The van der Waals surface area contributed by atoms with Crippen LogP contribution in [-0.2, 0) is 0 Å². The Balaban J connectivity index is 1.06. The number of aromatic nitrogens is 3. The topological polar surface area (TPSA) is 47.9 Å². The van der Waals surface area contributed by atoms with Crippen molar-refractivity contribution in [2.75, 3.05) is 0 Å². The molecule has 0 bridgehead atoms. The summed E-state index contributed by atoms with van der Waals surface area (Å²) in [4.78, 5) is 14.7. The lowest BCUT2D eigenvalue weighted by atomic mass is 9.89. The van der Waals surface area contributed by atoms with Crippen LogP contribution in [0.15, 0.2) is 176 Å². The second-order valence-corrected chi connectivity index (χ2v) is 12.8. The Kier molecular flexibility index (Phi) is 6.78. The van der Waals surface area contributed by atoms with Crippen molar-refractivity contribution >= 4 is 21.5 Å². The fourth-order valence-corrected chi connectivity index (χ4v) is 7.20. The Bertz CT molecular complexity index is 2720. The molecule has 1 aliphatic heterocycles. The van der Waals surface area contributed by atoms with Crippen LogP contribution < -0.4 is 4.74 Å². The molecule has 4 nitrogen and oxygen atoms in total. The van der Waals surface area contributed by atoms with E-state index in [1.54, 1.807) is 0 Å². The van der Waals surface area contributed by atoms with Crippen LogP contribution >= 0.6 is 0 Å². The van der Waals surface area contributed by atoms with Crippen LogP contribution in [0.4, 0.5) is 0 Å². The largest absolute Gasteiger partial charge is 0.456 e. The van der Waals surface area contributed by atoms with E-state index in [4.69, 9.17) is 19.7 Å². The maximum atomic E-state index is 6.70. The van der Waals surface area contributed by atoms with Gasteiger partial charge >= 0.3 is 0 Å². The standard InChI is InChI=1S/C47H29N3O/c1-3-12-31(13-4-1)45-48-46(32-14-5-2-6-15-32)50-47(49-45)37-23-24-39-41-20-10-19-40-38(25-26-42(44(40)41)51-43(39)29-37)36-18-9-17-34(28-36)35-22-21-30-11-7-8-16-33(30)27-35/h1-29H. The summed E-state index contributed by atoms with van der Waals surface area (Å²) in [5.74, 6) is 3.47. The van der Waals surface area contributed by atoms with Gasteiger partial charge in [-0.1, -0.05) is 146 Å². The molecule has 1 aliphatic rings. The lowest BCUT2D eigenvalue weighted by Gasteiger charge is -2.23. The minimum atomic E-state index is 0.597. The van der Waals surface area contributed by atoms with Gasteiger partial charge in [0.2, 0.25) is 0 Å². The van der Waals surface area contributed by atoms with E-state index in [0.717, 1.165) is 50.1 Å². The molecule has 1 aromatic heterocycles. The van der Waals surface area contributed by atoms with E-state index in [2.05, 4.69) is 115 Å². The summed E-state index contributed by atoms with van der Waals surface area (Å²) in [5, 5.41) is 4.76. The molecule has 238 valence electrons. The van der Waals surface area contributed by atoms with E-state index in [-0.39, 0.29) is 0 Å². The third kappa shape index (κ3) is 5.13. The maximum absolute atomic E-state index is 6.70. The van der Waals surface area contributed by atoms with Gasteiger partial charge in [-0.3, -0.25) is 0 Å². The third-order valence-electron chi connectivity index (χ3n) is 9.71. The van der Waals surface area contributed by atoms with Crippen LogP contribution in [0, 0.1) is 0 Å². The minimum Gasteiger partial charge on any atom is -0.456 e. The van der Waals surface area contributed by atoms with Crippen molar-refractivity contribution in [2.24, 2.45) is 0 Å². The number of rotatable bonds is 5. The second-order valence-electron chi connectivity index (χ2n) is 12.8. The lowest BCUT2D eigenvalue weighted by Crippen LogP contribution is -2.01. The zero-order valence-corrected chi connectivity index (χ0v) is 27.5. The first-order valence-corrected chi connectivity index (χ1v) is 17.1. The van der Waals surface area contributed by atoms with Gasteiger partial charge in [0.25, 0.3) is 0 Å². The molecule has 0 radical (unpaired) electrons. The number of nitrogens with zero attached hydrogens (tertiary/aromatic N) is 3. The van der Waals surface area contributed by atoms with Crippen LogP contribution in [0.25, 0.3) is 89.1 Å². The molecule has 51 heavy (non-hydrogen) atoms. The molecule has 2 heterocycles. The predicted molar refractivity (Wildman–Crippen MR) is 208 cm³/mol. The van der Waals surface area contributed by atoms with Crippen molar-refractivity contribution in [3.8, 4) is 79.0 Å². The number of benzene rings is 8. The Morgan fingerprint density at radius 3 is 1.67 bits per heavy atom. The van der Waals surface area contributed by atoms with Gasteiger partial charge < -0.3 is 4.74 Å². The molecule has 0 unspecified atom stereocenters. The number of hydrogen-bond donors (Lipinski definition) is 0. The highest BCUT2D eigenvalue weighted by Gasteiger charge is 2.23. The molecule has 0 N–H and O–H groups in total. The van der Waals surface area contributed by atoms with Crippen molar-refractivity contribution < 1.29 is 4.74 Å². The van der Waals surface area contributed by atoms with Crippen LogP contribution in [0.5, 0.6) is 11.5 Å². The number of fused-ring (bicyclic) bond motifs is 3. The molecule has 4 heteroatoms. The monoisotopic (exact) mass is 651 g/mol. The molecular weight excluding hydrogens is 623 g/mol. The van der Waals surface area contributed by atoms with E-state index < -0.39 is 0 Å². The number of ether oxygens (including phenoxy) is 1. The highest BCUT2D eigenvalue weighted by molar-refractivity contribution is 6.10. The molecule has 0 saturated heterocycles. The molecule has 8 aromatic carbocycles. The zero-order chi connectivity index (χ0) is 33.7. The van der Waals surface area contributed by atoms with Gasteiger partial charge in [-0.05, 0) is 74.3 Å². The molecule has 0 saturated carbocycles. The number of hydrogen-bond acceptors (Lipinski definition) is 4. The van der Waals surface area contributed by atoms with Gasteiger partial charge in [0.1, 0.15) is 11.5 Å². The summed E-state index contributed by atoms with van der Waals surface area (Å²) < 4.78 is 6.70. The summed E-state index contributed by atoms with van der Waals surface area (Å²) in [7, 11) is 0. The quantitative estimate of drug-likeness (QED) is 0.186. The highest BCUT2D eigenvalue weighted by atomic mass is 16.5. The van der Waals surface area contributed by atoms with Crippen LogP contribution in [0.2, 0.25) is 0 Å². The average molecular weight is 652 g/mol. The normalized spacial score (nSPS) is 11.7. The van der Waals surface area contributed by atoms with E-state index in [1.165, 1.54) is 33.0 Å². The van der Waals surface area contributed by atoms with Crippen molar-refractivity contribution in [3.05, 3.63) is 176 Å². The van der Waals surface area contributed by atoms with Crippen LogP contribution in [0.3, 0.4) is 0 Å². The Hall–Kier alpha value is -6.91. The molecule has 0 fully saturated rings. The van der Waals surface area contributed by atoms with Crippen LogP contribution in [-0.4, -0.2) is 15.0 Å². The van der Waals surface area contributed by atoms with Gasteiger partial charge in [0.15, 0.2) is 17.5 Å². The van der Waals surface area contributed by atoms with E-state index >= 15 is 0 Å². The first-order valence-electron chi connectivity index (χ1n) is 17.1. The smallest absolute Gasteiger partial charge is 0.164 e. The zero-order valence-electron chi connectivity index (χ0n) is 27.5. The van der Waals surface area contributed by atoms with Gasteiger partial charge in [0.05, 0.1) is 0 Å².